The van der Waals surface area contributed by atoms with Crippen molar-refractivity contribution in [3.8, 4) is 10.6 Å². The Morgan fingerprint density at radius 3 is 2.58 bits per heavy atom. The van der Waals surface area contributed by atoms with Gasteiger partial charge in [-0.05, 0) is 55.1 Å². The number of carbonyl (C=O) groups excluding carboxylic acids is 2. The number of carbonyl (C=O) groups is 2. The third-order valence-corrected chi connectivity index (χ3v) is 7.86. The Morgan fingerprint density at radius 2 is 1.85 bits per heavy atom. The maximum atomic E-state index is 12.9. The van der Waals surface area contributed by atoms with E-state index in [9.17, 15) is 9.59 Å². The molecule has 2 amide bonds. The lowest BCUT2D eigenvalue weighted by Gasteiger charge is -2.14. The van der Waals surface area contributed by atoms with Crippen LogP contribution in [-0.4, -0.2) is 22.0 Å². The predicted molar refractivity (Wildman–Crippen MR) is 140 cm³/mol. The molecule has 8 heteroatoms. The van der Waals surface area contributed by atoms with E-state index < -0.39 is 0 Å². The number of hydrogen-bond donors (Lipinski definition) is 2. The second-order valence-corrected chi connectivity index (χ2v) is 10.4. The average Bonchev–Trinajstić information content (AvgIpc) is 3.50. The number of thioether (sulfide) groups is 1. The first-order valence-corrected chi connectivity index (χ1v) is 13.1. The highest BCUT2D eigenvalue weighted by molar-refractivity contribution is 8.00. The standard InChI is InChI=1S/C25H23N3O2S3/c1-3-21(24(30)28-25-27-20(15-32-25)22-8-5-13-31-22)33-19-7-4-6-18(14-19)26-23(29)17-11-9-16(2)10-12-17/h4-15,21H,3H2,1-2H3,(H,26,29)(H,27,28,30). The number of thiazole rings is 1. The number of amides is 2. The van der Waals surface area contributed by atoms with Crippen molar-refractivity contribution in [1.82, 2.24) is 4.98 Å². The molecule has 2 N–H and O–H groups in total. The highest BCUT2D eigenvalue weighted by Gasteiger charge is 2.20. The zero-order chi connectivity index (χ0) is 23.2. The van der Waals surface area contributed by atoms with Gasteiger partial charge < -0.3 is 10.6 Å². The molecule has 0 saturated carbocycles. The van der Waals surface area contributed by atoms with E-state index in [4.69, 9.17) is 0 Å². The summed E-state index contributed by atoms with van der Waals surface area (Å²) in [6.07, 6.45) is 0.666. The van der Waals surface area contributed by atoms with Crippen molar-refractivity contribution < 1.29 is 9.59 Å². The fourth-order valence-corrected chi connectivity index (χ4v) is 5.58. The minimum atomic E-state index is -0.276. The number of aromatic nitrogens is 1. The number of aryl methyl sites for hydroxylation is 1. The zero-order valence-electron chi connectivity index (χ0n) is 18.2. The first-order valence-electron chi connectivity index (χ1n) is 10.5. The maximum absolute atomic E-state index is 12.9. The van der Waals surface area contributed by atoms with Crippen LogP contribution in [0.15, 0.2) is 76.3 Å². The lowest BCUT2D eigenvalue weighted by atomic mass is 10.1. The molecule has 2 heterocycles. The summed E-state index contributed by atoms with van der Waals surface area (Å²) in [4.78, 5) is 31.9. The van der Waals surface area contributed by atoms with E-state index in [1.807, 2.05) is 85.3 Å². The number of rotatable bonds is 8. The molecular weight excluding hydrogens is 470 g/mol. The lowest BCUT2D eigenvalue weighted by Crippen LogP contribution is -2.24. The molecule has 0 aliphatic heterocycles. The van der Waals surface area contributed by atoms with Gasteiger partial charge in [0.05, 0.1) is 15.8 Å². The molecule has 2 aromatic heterocycles. The Hall–Kier alpha value is -2.94. The Kier molecular flexibility index (Phi) is 7.59. The van der Waals surface area contributed by atoms with Gasteiger partial charge in [0, 0.05) is 21.5 Å². The molecule has 0 aliphatic rings. The molecule has 4 aromatic rings. The van der Waals surface area contributed by atoms with E-state index in [0.717, 1.165) is 21.0 Å². The smallest absolute Gasteiger partial charge is 0.255 e. The number of nitrogens with zero attached hydrogens (tertiary/aromatic N) is 1. The Labute approximate surface area is 205 Å². The summed E-state index contributed by atoms with van der Waals surface area (Å²) in [5.41, 5.74) is 3.29. The van der Waals surface area contributed by atoms with E-state index in [0.29, 0.717) is 22.8 Å². The van der Waals surface area contributed by atoms with Gasteiger partial charge in [-0.25, -0.2) is 4.98 Å². The van der Waals surface area contributed by atoms with E-state index in [2.05, 4.69) is 15.6 Å². The molecule has 5 nitrogen and oxygen atoms in total. The third kappa shape index (κ3) is 6.10. The molecular formula is C25H23N3O2S3. The molecule has 1 unspecified atom stereocenters. The second-order valence-electron chi connectivity index (χ2n) is 7.37. The number of anilines is 2. The highest BCUT2D eigenvalue weighted by atomic mass is 32.2. The van der Waals surface area contributed by atoms with Crippen molar-refractivity contribution in [3.63, 3.8) is 0 Å². The van der Waals surface area contributed by atoms with Gasteiger partial charge in [-0.15, -0.1) is 34.4 Å². The molecule has 0 fully saturated rings. The Morgan fingerprint density at radius 1 is 1.03 bits per heavy atom. The van der Waals surface area contributed by atoms with Gasteiger partial charge in [0.2, 0.25) is 5.91 Å². The molecule has 0 radical (unpaired) electrons. The highest BCUT2D eigenvalue weighted by Crippen LogP contribution is 2.31. The van der Waals surface area contributed by atoms with Crippen LogP contribution in [0, 0.1) is 6.92 Å². The number of hydrogen-bond acceptors (Lipinski definition) is 6. The quantitative estimate of drug-likeness (QED) is 0.261. The molecule has 0 saturated heterocycles. The molecule has 33 heavy (non-hydrogen) atoms. The molecule has 168 valence electrons. The van der Waals surface area contributed by atoms with Gasteiger partial charge in [0.25, 0.3) is 5.91 Å². The van der Waals surface area contributed by atoms with Crippen molar-refractivity contribution in [3.05, 3.63) is 82.6 Å². The summed E-state index contributed by atoms with van der Waals surface area (Å²) >= 11 is 4.52. The van der Waals surface area contributed by atoms with Crippen molar-refractivity contribution in [2.45, 2.75) is 30.4 Å². The van der Waals surface area contributed by atoms with Crippen molar-refractivity contribution >= 4 is 57.1 Å². The number of nitrogens with one attached hydrogen (secondary N) is 2. The molecule has 2 aromatic carbocycles. The first kappa shape index (κ1) is 23.2. The lowest BCUT2D eigenvalue weighted by molar-refractivity contribution is -0.115. The molecule has 4 rings (SSSR count). The fourth-order valence-electron chi connectivity index (χ4n) is 3.10. The van der Waals surface area contributed by atoms with Crippen LogP contribution < -0.4 is 10.6 Å². The summed E-state index contributed by atoms with van der Waals surface area (Å²) in [5.74, 6) is -0.240. The first-order chi connectivity index (χ1) is 16.0. The second kappa shape index (κ2) is 10.8. The zero-order valence-corrected chi connectivity index (χ0v) is 20.7. The van der Waals surface area contributed by atoms with Crippen LogP contribution in [0.2, 0.25) is 0 Å². The number of benzene rings is 2. The van der Waals surface area contributed by atoms with Crippen LogP contribution in [0.1, 0.15) is 29.3 Å². The fraction of sp³-hybridized carbons (Fsp3) is 0.160. The minimum absolute atomic E-state index is 0.0799. The third-order valence-electron chi connectivity index (χ3n) is 4.86. The van der Waals surface area contributed by atoms with Gasteiger partial charge in [-0.1, -0.05) is 36.8 Å². The molecule has 1 atom stereocenters. The van der Waals surface area contributed by atoms with Crippen LogP contribution in [-0.2, 0) is 4.79 Å². The van der Waals surface area contributed by atoms with Crippen LogP contribution in [0.4, 0.5) is 10.8 Å². The van der Waals surface area contributed by atoms with E-state index >= 15 is 0 Å². The van der Waals surface area contributed by atoms with Gasteiger partial charge in [-0.3, -0.25) is 9.59 Å². The van der Waals surface area contributed by atoms with Crippen molar-refractivity contribution in [1.29, 1.82) is 0 Å². The Balaban J connectivity index is 1.39. The summed E-state index contributed by atoms with van der Waals surface area (Å²) in [6.45, 7) is 3.97. The van der Waals surface area contributed by atoms with Gasteiger partial charge >= 0.3 is 0 Å². The summed E-state index contributed by atoms with van der Waals surface area (Å²) in [7, 11) is 0. The van der Waals surface area contributed by atoms with E-state index in [1.165, 1.54) is 23.1 Å². The maximum Gasteiger partial charge on any atom is 0.255 e. The summed E-state index contributed by atoms with van der Waals surface area (Å²) < 4.78 is 0. The van der Waals surface area contributed by atoms with Crippen LogP contribution >= 0.6 is 34.4 Å². The van der Waals surface area contributed by atoms with Crippen LogP contribution in [0.3, 0.4) is 0 Å². The number of thiophene rings is 1. The monoisotopic (exact) mass is 493 g/mol. The van der Waals surface area contributed by atoms with Gasteiger partial charge in [-0.2, -0.15) is 0 Å². The molecule has 0 bridgehead atoms. The van der Waals surface area contributed by atoms with Gasteiger partial charge in [0.15, 0.2) is 5.13 Å². The van der Waals surface area contributed by atoms with Crippen LogP contribution in [0.25, 0.3) is 10.6 Å². The normalized spacial score (nSPS) is 11.7. The minimum Gasteiger partial charge on any atom is -0.322 e. The predicted octanol–water partition coefficient (Wildman–Crippen LogP) is 6.94. The Bertz CT molecular complexity index is 1230. The largest absolute Gasteiger partial charge is 0.322 e. The molecule has 0 spiro atoms. The van der Waals surface area contributed by atoms with Crippen LogP contribution in [0.5, 0.6) is 0 Å². The van der Waals surface area contributed by atoms with Gasteiger partial charge in [0.1, 0.15) is 0 Å². The average molecular weight is 494 g/mol. The van der Waals surface area contributed by atoms with Crippen molar-refractivity contribution in [2.75, 3.05) is 10.6 Å². The molecule has 0 aliphatic carbocycles. The SMILES string of the molecule is CCC(Sc1cccc(NC(=O)c2ccc(C)cc2)c1)C(=O)Nc1nc(-c2cccs2)cs1. The van der Waals surface area contributed by atoms with E-state index in [1.54, 1.807) is 11.3 Å². The van der Waals surface area contributed by atoms with E-state index in [-0.39, 0.29) is 17.1 Å². The summed E-state index contributed by atoms with van der Waals surface area (Å²) in [6, 6.07) is 19.0. The topological polar surface area (TPSA) is 71.1 Å². The van der Waals surface area contributed by atoms with Crippen molar-refractivity contribution in [2.24, 2.45) is 0 Å². The summed E-state index contributed by atoms with van der Waals surface area (Å²) in [5, 5.41) is 10.2.